The highest BCUT2D eigenvalue weighted by molar-refractivity contribution is 7.91. The minimum Gasteiger partial charge on any atom is -0.464 e. The molecule has 0 atom stereocenters. The lowest BCUT2D eigenvalue weighted by molar-refractivity contribution is 0.0590. The highest BCUT2D eigenvalue weighted by Crippen LogP contribution is 2.37. The van der Waals surface area contributed by atoms with Crippen LogP contribution in [0.5, 0.6) is 0 Å². The van der Waals surface area contributed by atoms with Gasteiger partial charge in [0.15, 0.2) is 9.90 Å². The van der Waals surface area contributed by atoms with Crippen LogP contribution < -0.4 is 0 Å². The van der Waals surface area contributed by atoms with Crippen molar-refractivity contribution in [3.63, 3.8) is 0 Å². The molecule has 2 aliphatic rings. The van der Waals surface area contributed by atoms with Crippen molar-refractivity contribution in [3.05, 3.63) is 11.2 Å². The maximum absolute atomic E-state index is 12.8. The quantitative estimate of drug-likeness (QED) is 0.712. The van der Waals surface area contributed by atoms with E-state index in [2.05, 4.69) is 9.72 Å². The van der Waals surface area contributed by atoms with Crippen LogP contribution >= 0.6 is 11.3 Å². The van der Waals surface area contributed by atoms with Crippen molar-refractivity contribution in [2.24, 2.45) is 11.8 Å². The van der Waals surface area contributed by atoms with E-state index in [0.717, 1.165) is 37.0 Å². The number of esters is 1. The van der Waals surface area contributed by atoms with Crippen LogP contribution in [-0.4, -0.2) is 43.9 Å². The van der Waals surface area contributed by atoms with Crippen LogP contribution in [0.4, 0.5) is 0 Å². The first-order valence-corrected chi connectivity index (χ1v) is 9.36. The second kappa shape index (κ2) is 5.66. The molecule has 6 nitrogen and oxygen atoms in total. The van der Waals surface area contributed by atoms with E-state index in [1.54, 1.807) is 4.31 Å². The molecule has 0 unspecified atom stereocenters. The Labute approximate surface area is 128 Å². The monoisotopic (exact) mass is 330 g/mol. The molecule has 2 fully saturated rings. The van der Waals surface area contributed by atoms with Crippen molar-refractivity contribution < 1.29 is 17.9 Å². The second-order valence-corrected chi connectivity index (χ2v) is 8.68. The van der Waals surface area contributed by atoms with Gasteiger partial charge in [-0.3, -0.25) is 0 Å². The third-order valence-electron chi connectivity index (χ3n) is 3.81. The number of hydrogen-bond acceptors (Lipinski definition) is 6. The number of methoxy groups -OCH3 is 1. The van der Waals surface area contributed by atoms with Crippen molar-refractivity contribution in [1.82, 2.24) is 9.29 Å². The van der Waals surface area contributed by atoms with E-state index in [1.807, 2.05) is 0 Å². The summed E-state index contributed by atoms with van der Waals surface area (Å²) in [7, 11) is -2.44. The van der Waals surface area contributed by atoms with Gasteiger partial charge in [-0.2, -0.15) is 4.31 Å². The summed E-state index contributed by atoms with van der Waals surface area (Å²) in [5, 5.41) is 0. The summed E-state index contributed by atoms with van der Waals surface area (Å²) in [6.07, 6.45) is 4.35. The van der Waals surface area contributed by atoms with E-state index in [1.165, 1.54) is 12.6 Å². The van der Waals surface area contributed by atoms with E-state index < -0.39 is 16.0 Å². The molecule has 2 saturated carbocycles. The fourth-order valence-corrected chi connectivity index (χ4v) is 5.08. The zero-order valence-corrected chi connectivity index (χ0v) is 13.5. The predicted octanol–water partition coefficient (Wildman–Crippen LogP) is 1.74. The summed E-state index contributed by atoms with van der Waals surface area (Å²) >= 11 is 0.982. The number of carbonyl (C=O) groups excluding carboxylic acids is 1. The van der Waals surface area contributed by atoms with Crippen molar-refractivity contribution >= 4 is 27.3 Å². The van der Waals surface area contributed by atoms with E-state index in [0.29, 0.717) is 24.9 Å². The molecule has 8 heteroatoms. The maximum atomic E-state index is 12.8. The van der Waals surface area contributed by atoms with Gasteiger partial charge >= 0.3 is 5.97 Å². The van der Waals surface area contributed by atoms with Gasteiger partial charge in [-0.05, 0) is 37.5 Å². The van der Waals surface area contributed by atoms with Crippen LogP contribution in [0.3, 0.4) is 0 Å². The van der Waals surface area contributed by atoms with Crippen molar-refractivity contribution in [1.29, 1.82) is 0 Å². The Balaban J connectivity index is 1.88. The molecular weight excluding hydrogens is 312 g/mol. The van der Waals surface area contributed by atoms with E-state index in [4.69, 9.17) is 0 Å². The molecule has 0 aromatic carbocycles. The average molecular weight is 330 g/mol. The first kappa shape index (κ1) is 14.9. The molecule has 116 valence electrons. The summed E-state index contributed by atoms with van der Waals surface area (Å²) in [6, 6.07) is 0. The van der Waals surface area contributed by atoms with E-state index in [-0.39, 0.29) is 9.90 Å². The molecule has 1 heterocycles. The summed E-state index contributed by atoms with van der Waals surface area (Å²) in [5.41, 5.74) is 1.28. The fraction of sp³-hybridized carbons (Fsp3) is 0.692. The third-order valence-corrected chi connectivity index (χ3v) is 6.98. The van der Waals surface area contributed by atoms with Crippen LogP contribution in [-0.2, 0) is 14.8 Å². The van der Waals surface area contributed by atoms with Crippen molar-refractivity contribution in [2.75, 3.05) is 20.2 Å². The second-order valence-electron chi connectivity index (χ2n) is 5.69. The standard InChI is InChI=1S/C13H18N2O4S2/c1-19-12(16)11-13(20-8-14-11)21(17,18)15(6-9-2-3-9)7-10-4-5-10/h8-10H,2-7H2,1H3. The number of rotatable bonds is 7. The average Bonchev–Trinajstić information content (AvgIpc) is 3.38. The number of hydrogen-bond donors (Lipinski definition) is 0. The summed E-state index contributed by atoms with van der Waals surface area (Å²) in [4.78, 5) is 15.5. The zero-order chi connectivity index (χ0) is 15.0. The van der Waals surface area contributed by atoms with Crippen molar-refractivity contribution in [2.45, 2.75) is 29.9 Å². The van der Waals surface area contributed by atoms with Crippen LogP contribution in [0.25, 0.3) is 0 Å². The Morgan fingerprint density at radius 1 is 1.33 bits per heavy atom. The molecule has 0 spiro atoms. The molecule has 0 N–H and O–H groups in total. The Kier molecular flexibility index (Phi) is 4.02. The molecule has 2 aliphatic carbocycles. The molecule has 0 bridgehead atoms. The number of ether oxygens (including phenoxy) is 1. The number of nitrogens with zero attached hydrogens (tertiary/aromatic N) is 2. The van der Waals surface area contributed by atoms with Gasteiger partial charge < -0.3 is 4.74 Å². The summed E-state index contributed by atoms with van der Waals surface area (Å²) in [5.74, 6) is 0.230. The number of thiazole rings is 1. The Bertz CT molecular complexity index is 618. The van der Waals surface area contributed by atoms with Gasteiger partial charge in [-0.25, -0.2) is 18.2 Å². The van der Waals surface area contributed by atoms with E-state index in [9.17, 15) is 13.2 Å². The van der Waals surface area contributed by atoms with Crippen LogP contribution in [0.15, 0.2) is 9.72 Å². The topological polar surface area (TPSA) is 76.6 Å². The number of sulfonamides is 1. The first-order chi connectivity index (χ1) is 10.0. The molecule has 1 aromatic heterocycles. The lowest BCUT2D eigenvalue weighted by atomic mass is 10.4. The van der Waals surface area contributed by atoms with E-state index >= 15 is 0 Å². The molecule has 0 aliphatic heterocycles. The van der Waals surface area contributed by atoms with Gasteiger partial charge in [0.2, 0.25) is 0 Å². The SMILES string of the molecule is COC(=O)c1ncsc1S(=O)(=O)N(CC1CC1)CC1CC1. The molecule has 0 radical (unpaired) electrons. The first-order valence-electron chi connectivity index (χ1n) is 7.04. The molecule has 0 amide bonds. The Hall–Kier alpha value is -0.990. The third kappa shape index (κ3) is 3.27. The van der Waals surface area contributed by atoms with Crippen LogP contribution in [0, 0.1) is 11.8 Å². The highest BCUT2D eigenvalue weighted by Gasteiger charge is 2.38. The fourth-order valence-electron chi connectivity index (χ4n) is 2.22. The maximum Gasteiger partial charge on any atom is 0.358 e. The zero-order valence-electron chi connectivity index (χ0n) is 11.8. The van der Waals surface area contributed by atoms with Gasteiger partial charge in [-0.1, -0.05) is 0 Å². The molecule has 1 aromatic rings. The molecule has 3 rings (SSSR count). The van der Waals surface area contributed by atoms with Gasteiger partial charge in [0.25, 0.3) is 10.0 Å². The minimum atomic E-state index is -3.67. The Morgan fingerprint density at radius 2 is 1.90 bits per heavy atom. The highest BCUT2D eigenvalue weighted by atomic mass is 32.2. The largest absolute Gasteiger partial charge is 0.464 e. The predicted molar refractivity (Wildman–Crippen MR) is 77.7 cm³/mol. The van der Waals surface area contributed by atoms with Gasteiger partial charge in [0.1, 0.15) is 0 Å². The normalized spacial score (nSPS) is 19.0. The summed E-state index contributed by atoms with van der Waals surface area (Å²) in [6.45, 7) is 1.11. The Morgan fingerprint density at radius 3 is 2.38 bits per heavy atom. The minimum absolute atomic E-state index is 0.00986. The van der Waals surface area contributed by atoms with Crippen LogP contribution in [0.2, 0.25) is 0 Å². The molecule has 21 heavy (non-hydrogen) atoms. The lowest BCUT2D eigenvalue weighted by Crippen LogP contribution is -2.35. The van der Waals surface area contributed by atoms with Gasteiger partial charge in [-0.15, -0.1) is 11.3 Å². The van der Waals surface area contributed by atoms with Crippen molar-refractivity contribution in [3.8, 4) is 0 Å². The molecular formula is C13H18N2O4S2. The smallest absolute Gasteiger partial charge is 0.358 e. The lowest BCUT2D eigenvalue weighted by Gasteiger charge is -2.21. The summed E-state index contributed by atoms with van der Waals surface area (Å²) < 4.78 is 31.9. The number of carbonyl (C=O) groups is 1. The van der Waals surface area contributed by atoms with Crippen LogP contribution in [0.1, 0.15) is 36.2 Å². The molecule has 0 saturated heterocycles. The van der Waals surface area contributed by atoms with Gasteiger partial charge in [0, 0.05) is 13.1 Å². The number of aromatic nitrogens is 1. The van der Waals surface area contributed by atoms with Gasteiger partial charge in [0.05, 0.1) is 12.6 Å².